The normalized spacial score (nSPS) is 10.4. The van der Waals surface area contributed by atoms with E-state index in [1.807, 2.05) is 24.3 Å². The van der Waals surface area contributed by atoms with E-state index in [2.05, 4.69) is 18.2 Å². The van der Waals surface area contributed by atoms with Crippen molar-refractivity contribution in [1.82, 2.24) is 0 Å². The number of hydrogen-bond acceptors (Lipinski definition) is 2. The van der Waals surface area contributed by atoms with Crippen molar-refractivity contribution in [1.29, 1.82) is 0 Å². The zero-order chi connectivity index (χ0) is 10.7. The fraction of sp³-hybridized carbons (Fsp3) is 0.0833. The molecule has 15 heavy (non-hydrogen) atoms. The number of thioether (sulfide) groups is 1. The van der Waals surface area contributed by atoms with Gasteiger partial charge >= 0.3 is 0 Å². The summed E-state index contributed by atoms with van der Waals surface area (Å²) in [5.41, 5.74) is 6.26. The minimum atomic E-state index is -0.331. The van der Waals surface area contributed by atoms with Gasteiger partial charge in [0.15, 0.2) is 0 Å². The molecule has 2 aromatic rings. The van der Waals surface area contributed by atoms with Crippen molar-refractivity contribution in [3.63, 3.8) is 0 Å². The van der Waals surface area contributed by atoms with Crippen molar-refractivity contribution >= 4 is 27.8 Å². The van der Waals surface area contributed by atoms with Gasteiger partial charge in [-0.15, -0.1) is 0 Å². The highest BCUT2D eigenvalue weighted by Crippen LogP contribution is 2.22. The van der Waals surface area contributed by atoms with Gasteiger partial charge in [-0.3, -0.25) is 4.79 Å². The second-order valence-corrected chi connectivity index (χ2v) is 4.23. The van der Waals surface area contributed by atoms with Crippen molar-refractivity contribution < 1.29 is 4.79 Å². The largest absolute Gasteiger partial charge is 0.361 e. The van der Waals surface area contributed by atoms with Crippen LogP contribution in [0.25, 0.3) is 10.8 Å². The quantitative estimate of drug-likeness (QED) is 0.839. The maximum absolute atomic E-state index is 10.7. The van der Waals surface area contributed by atoms with Crippen LogP contribution in [0.4, 0.5) is 4.79 Å². The molecule has 0 atom stereocenters. The average molecular weight is 217 g/mol. The van der Waals surface area contributed by atoms with Crippen LogP contribution in [0.5, 0.6) is 0 Å². The molecule has 0 unspecified atom stereocenters. The van der Waals surface area contributed by atoms with Crippen LogP contribution in [0.3, 0.4) is 0 Å². The maximum atomic E-state index is 10.7. The van der Waals surface area contributed by atoms with E-state index in [0.717, 1.165) is 17.3 Å². The van der Waals surface area contributed by atoms with Crippen LogP contribution in [0.1, 0.15) is 5.56 Å². The fourth-order valence-electron chi connectivity index (χ4n) is 1.57. The SMILES string of the molecule is NC(=O)SCc1cccc2ccccc12. The van der Waals surface area contributed by atoms with Gasteiger partial charge in [-0.1, -0.05) is 54.2 Å². The van der Waals surface area contributed by atoms with Gasteiger partial charge in [0.1, 0.15) is 0 Å². The Morgan fingerprint density at radius 1 is 1.13 bits per heavy atom. The van der Waals surface area contributed by atoms with Crippen molar-refractivity contribution in [3.05, 3.63) is 48.0 Å². The number of fused-ring (bicyclic) bond motifs is 1. The van der Waals surface area contributed by atoms with E-state index in [1.54, 1.807) is 0 Å². The number of nitrogens with two attached hydrogens (primary N) is 1. The lowest BCUT2D eigenvalue weighted by atomic mass is 10.1. The summed E-state index contributed by atoms with van der Waals surface area (Å²) in [4.78, 5) is 10.7. The van der Waals surface area contributed by atoms with Gasteiger partial charge in [-0.25, -0.2) is 0 Å². The van der Waals surface area contributed by atoms with Gasteiger partial charge in [0, 0.05) is 5.75 Å². The summed E-state index contributed by atoms with van der Waals surface area (Å²) in [6.07, 6.45) is 0. The molecule has 0 aromatic heterocycles. The Bertz CT molecular complexity index is 490. The van der Waals surface area contributed by atoms with Crippen LogP contribution >= 0.6 is 11.8 Å². The number of carbonyl (C=O) groups is 1. The van der Waals surface area contributed by atoms with Gasteiger partial charge in [0.2, 0.25) is 0 Å². The molecule has 0 radical (unpaired) electrons. The Labute approximate surface area is 92.5 Å². The molecule has 76 valence electrons. The zero-order valence-electron chi connectivity index (χ0n) is 8.14. The van der Waals surface area contributed by atoms with E-state index in [9.17, 15) is 4.79 Å². The second kappa shape index (κ2) is 4.36. The van der Waals surface area contributed by atoms with Crippen LogP contribution < -0.4 is 5.73 Å². The summed E-state index contributed by atoms with van der Waals surface area (Å²) in [6, 6.07) is 14.2. The number of rotatable bonds is 2. The van der Waals surface area contributed by atoms with E-state index in [-0.39, 0.29) is 5.24 Å². The minimum absolute atomic E-state index is 0.331. The monoisotopic (exact) mass is 217 g/mol. The molecule has 0 aliphatic rings. The highest BCUT2D eigenvalue weighted by Gasteiger charge is 2.02. The van der Waals surface area contributed by atoms with E-state index in [0.29, 0.717) is 5.75 Å². The average Bonchev–Trinajstić information content (AvgIpc) is 2.26. The van der Waals surface area contributed by atoms with Gasteiger partial charge in [0.05, 0.1) is 0 Å². The fourth-order valence-corrected chi connectivity index (χ4v) is 2.12. The van der Waals surface area contributed by atoms with Crippen molar-refractivity contribution in [3.8, 4) is 0 Å². The van der Waals surface area contributed by atoms with Crippen LogP contribution in [0.15, 0.2) is 42.5 Å². The lowest BCUT2D eigenvalue weighted by Gasteiger charge is -2.04. The van der Waals surface area contributed by atoms with Crippen LogP contribution in [0, 0.1) is 0 Å². The molecule has 2 aromatic carbocycles. The number of benzene rings is 2. The summed E-state index contributed by atoms with van der Waals surface area (Å²) >= 11 is 1.14. The molecule has 1 amide bonds. The zero-order valence-corrected chi connectivity index (χ0v) is 8.96. The molecule has 2 nitrogen and oxygen atoms in total. The number of primary amides is 1. The molecule has 0 saturated carbocycles. The third-order valence-electron chi connectivity index (χ3n) is 2.25. The highest BCUT2D eigenvalue weighted by molar-refractivity contribution is 8.12. The van der Waals surface area contributed by atoms with E-state index >= 15 is 0 Å². The first-order valence-electron chi connectivity index (χ1n) is 4.66. The number of amides is 1. The Balaban J connectivity index is 2.38. The Morgan fingerprint density at radius 3 is 2.67 bits per heavy atom. The van der Waals surface area contributed by atoms with Crippen molar-refractivity contribution in [2.45, 2.75) is 5.75 Å². The molecular formula is C12H11NOS. The Morgan fingerprint density at radius 2 is 1.87 bits per heavy atom. The van der Waals surface area contributed by atoms with Crippen LogP contribution in [-0.2, 0) is 5.75 Å². The van der Waals surface area contributed by atoms with Crippen LogP contribution in [-0.4, -0.2) is 5.24 Å². The molecule has 0 fully saturated rings. The third kappa shape index (κ3) is 2.30. The Kier molecular flexibility index (Phi) is 2.92. The molecule has 0 bridgehead atoms. The summed E-state index contributed by atoms with van der Waals surface area (Å²) in [7, 11) is 0. The van der Waals surface area contributed by atoms with Gasteiger partial charge < -0.3 is 5.73 Å². The van der Waals surface area contributed by atoms with Crippen molar-refractivity contribution in [2.75, 3.05) is 0 Å². The molecule has 0 heterocycles. The molecule has 2 N–H and O–H groups in total. The lowest BCUT2D eigenvalue weighted by molar-refractivity contribution is 0.267. The van der Waals surface area contributed by atoms with Gasteiger partial charge in [0.25, 0.3) is 5.24 Å². The highest BCUT2D eigenvalue weighted by atomic mass is 32.2. The molecule has 0 aliphatic heterocycles. The smallest absolute Gasteiger partial charge is 0.276 e. The minimum Gasteiger partial charge on any atom is -0.361 e. The topological polar surface area (TPSA) is 43.1 Å². The first-order chi connectivity index (χ1) is 7.27. The van der Waals surface area contributed by atoms with E-state index < -0.39 is 0 Å². The first-order valence-corrected chi connectivity index (χ1v) is 5.65. The molecule has 0 spiro atoms. The first kappa shape index (κ1) is 10.1. The summed E-state index contributed by atoms with van der Waals surface area (Å²) in [6.45, 7) is 0. The lowest BCUT2D eigenvalue weighted by Crippen LogP contribution is -2.02. The Hall–Kier alpha value is -1.48. The standard InChI is InChI=1S/C12H11NOS/c13-12(14)15-8-10-6-3-5-9-4-1-2-7-11(9)10/h1-7H,8H2,(H2,13,14). The second-order valence-electron chi connectivity index (χ2n) is 3.25. The molecule has 0 saturated heterocycles. The third-order valence-corrected chi connectivity index (χ3v) is 2.99. The van der Waals surface area contributed by atoms with Gasteiger partial charge in [-0.05, 0) is 16.3 Å². The predicted octanol–water partition coefficient (Wildman–Crippen LogP) is 3.15. The molecule has 2 rings (SSSR count). The molecule has 0 aliphatic carbocycles. The number of hydrogen-bond donors (Lipinski definition) is 1. The van der Waals surface area contributed by atoms with Crippen molar-refractivity contribution in [2.24, 2.45) is 5.73 Å². The molecular weight excluding hydrogens is 206 g/mol. The molecule has 3 heteroatoms. The van der Waals surface area contributed by atoms with E-state index in [4.69, 9.17) is 5.73 Å². The summed E-state index contributed by atoms with van der Waals surface area (Å²) < 4.78 is 0. The predicted molar refractivity (Wildman–Crippen MR) is 64.8 cm³/mol. The summed E-state index contributed by atoms with van der Waals surface area (Å²) in [5, 5.41) is 2.05. The van der Waals surface area contributed by atoms with Gasteiger partial charge in [-0.2, -0.15) is 0 Å². The summed E-state index contributed by atoms with van der Waals surface area (Å²) in [5.74, 6) is 0.636. The van der Waals surface area contributed by atoms with E-state index in [1.165, 1.54) is 10.8 Å². The maximum Gasteiger partial charge on any atom is 0.276 e. The van der Waals surface area contributed by atoms with Crippen LogP contribution in [0.2, 0.25) is 0 Å². The number of carbonyl (C=O) groups excluding carboxylic acids is 1.